The second-order valence-electron chi connectivity index (χ2n) is 2.28. The normalized spacial score (nSPS) is 31.8. The highest BCUT2D eigenvalue weighted by molar-refractivity contribution is 5.90. The second kappa shape index (κ2) is 2.94. The average molecular weight is 127 g/mol. The predicted octanol–water partition coefficient (Wildman–Crippen LogP) is -0.765. The van der Waals surface area contributed by atoms with Gasteiger partial charge in [0.2, 0.25) is 0 Å². The maximum atomic E-state index is 5.48. The van der Waals surface area contributed by atoms with Crippen molar-refractivity contribution < 1.29 is 0 Å². The topological polar surface area (TPSA) is 50.4 Å². The molecule has 0 amide bonds. The van der Waals surface area contributed by atoms with Gasteiger partial charge in [-0.1, -0.05) is 0 Å². The van der Waals surface area contributed by atoms with Gasteiger partial charge in [-0.3, -0.25) is 4.99 Å². The van der Waals surface area contributed by atoms with Crippen LogP contribution in [0, 0.1) is 5.92 Å². The molecule has 1 heterocycles. The fraction of sp³-hybridized carbons (Fsp3) is 0.833. The molecule has 0 saturated carbocycles. The minimum Gasteiger partial charge on any atom is -0.330 e. The monoisotopic (exact) mass is 127 g/mol. The fourth-order valence-electron chi connectivity index (χ4n) is 1.12. The van der Waals surface area contributed by atoms with E-state index in [2.05, 4.69) is 10.3 Å². The molecule has 0 spiro atoms. The Morgan fingerprint density at radius 1 is 1.89 bits per heavy atom. The molecule has 52 valence electrons. The molecule has 1 atom stereocenters. The summed E-state index contributed by atoms with van der Waals surface area (Å²) >= 11 is 0. The summed E-state index contributed by atoms with van der Waals surface area (Å²) in [7, 11) is 1.82. The van der Waals surface area contributed by atoms with Crippen LogP contribution in [0.3, 0.4) is 0 Å². The molecule has 1 unspecified atom stereocenters. The molecule has 3 heteroatoms. The molecule has 1 fully saturated rings. The number of nitrogens with two attached hydrogens (primary N) is 1. The first kappa shape index (κ1) is 6.71. The van der Waals surface area contributed by atoms with Gasteiger partial charge in [0.25, 0.3) is 0 Å². The number of nitrogens with zero attached hydrogens (tertiary/aromatic N) is 1. The van der Waals surface area contributed by atoms with Crippen molar-refractivity contribution in [2.75, 3.05) is 26.7 Å². The molecule has 1 aliphatic heterocycles. The summed E-state index contributed by atoms with van der Waals surface area (Å²) in [5.41, 5.74) is 6.70. The average Bonchev–Trinajstić information content (AvgIpc) is 2.33. The number of nitrogens with one attached hydrogen (secondary N) is 1. The molecule has 0 aliphatic carbocycles. The van der Waals surface area contributed by atoms with Crippen LogP contribution in [0.1, 0.15) is 0 Å². The van der Waals surface area contributed by atoms with E-state index in [0.29, 0.717) is 5.92 Å². The van der Waals surface area contributed by atoms with Crippen molar-refractivity contribution in [3.05, 3.63) is 0 Å². The van der Waals surface area contributed by atoms with Gasteiger partial charge in [0.05, 0.1) is 0 Å². The Morgan fingerprint density at radius 2 is 2.67 bits per heavy atom. The summed E-state index contributed by atoms with van der Waals surface area (Å²) in [6, 6.07) is 0. The largest absolute Gasteiger partial charge is 0.330 e. The zero-order valence-electron chi connectivity index (χ0n) is 5.72. The number of hydrogen-bond acceptors (Lipinski definition) is 3. The van der Waals surface area contributed by atoms with Gasteiger partial charge in [-0.15, -0.1) is 0 Å². The zero-order valence-corrected chi connectivity index (χ0v) is 5.72. The minimum absolute atomic E-state index is 0.495. The van der Waals surface area contributed by atoms with E-state index in [-0.39, 0.29) is 0 Å². The Morgan fingerprint density at radius 3 is 3.11 bits per heavy atom. The molecular weight excluding hydrogens is 114 g/mol. The van der Waals surface area contributed by atoms with Crippen LogP contribution in [-0.4, -0.2) is 32.4 Å². The second-order valence-corrected chi connectivity index (χ2v) is 2.28. The molecule has 1 aliphatic rings. The van der Waals surface area contributed by atoms with Crippen LogP contribution >= 0.6 is 0 Å². The summed E-state index contributed by atoms with van der Waals surface area (Å²) in [5.74, 6) is 0.495. The van der Waals surface area contributed by atoms with E-state index in [1.54, 1.807) is 0 Å². The third kappa shape index (κ3) is 1.28. The van der Waals surface area contributed by atoms with Crippen molar-refractivity contribution in [2.24, 2.45) is 16.6 Å². The Labute approximate surface area is 55.3 Å². The quantitative estimate of drug-likeness (QED) is 0.486. The lowest BCUT2D eigenvalue weighted by Gasteiger charge is -2.03. The highest BCUT2D eigenvalue weighted by Crippen LogP contribution is 2.01. The molecule has 0 aromatic rings. The molecule has 3 N–H and O–H groups in total. The summed E-state index contributed by atoms with van der Waals surface area (Å²) in [5, 5.41) is 3.21. The molecule has 9 heavy (non-hydrogen) atoms. The molecule has 3 nitrogen and oxygen atoms in total. The molecule has 0 aromatic carbocycles. The van der Waals surface area contributed by atoms with Crippen molar-refractivity contribution in [1.29, 1.82) is 0 Å². The van der Waals surface area contributed by atoms with Gasteiger partial charge in [0.1, 0.15) is 0 Å². The number of aliphatic imine (C=N–C) groups is 1. The molecule has 1 rings (SSSR count). The van der Waals surface area contributed by atoms with Crippen molar-refractivity contribution in [3.63, 3.8) is 0 Å². The van der Waals surface area contributed by atoms with Gasteiger partial charge >= 0.3 is 0 Å². The van der Waals surface area contributed by atoms with Crippen LogP contribution in [0.25, 0.3) is 0 Å². The Bertz CT molecular complexity index is 119. The van der Waals surface area contributed by atoms with Crippen LogP contribution < -0.4 is 11.1 Å². The summed E-state index contributed by atoms with van der Waals surface area (Å²) < 4.78 is 0. The molecule has 1 saturated heterocycles. The van der Waals surface area contributed by atoms with Gasteiger partial charge in [0, 0.05) is 38.3 Å². The smallest absolute Gasteiger partial charge is 0.0339 e. The minimum atomic E-state index is 0.495. The van der Waals surface area contributed by atoms with Crippen LogP contribution in [0.5, 0.6) is 0 Å². The van der Waals surface area contributed by atoms with Gasteiger partial charge in [-0.25, -0.2) is 0 Å². The molecule has 0 radical (unpaired) electrons. The van der Waals surface area contributed by atoms with Crippen LogP contribution in [0.2, 0.25) is 0 Å². The lowest BCUT2D eigenvalue weighted by atomic mass is 10.1. The van der Waals surface area contributed by atoms with Gasteiger partial charge < -0.3 is 11.1 Å². The van der Waals surface area contributed by atoms with Crippen LogP contribution in [0.4, 0.5) is 0 Å². The van der Waals surface area contributed by atoms with Crippen molar-refractivity contribution in [3.8, 4) is 0 Å². The maximum Gasteiger partial charge on any atom is 0.0339 e. The van der Waals surface area contributed by atoms with E-state index < -0.39 is 0 Å². The fourth-order valence-corrected chi connectivity index (χ4v) is 1.12. The Kier molecular flexibility index (Phi) is 2.19. The summed E-state index contributed by atoms with van der Waals surface area (Å²) in [6.07, 6.45) is 0. The highest BCUT2D eigenvalue weighted by Gasteiger charge is 2.18. The van der Waals surface area contributed by atoms with E-state index in [1.807, 2.05) is 7.05 Å². The summed E-state index contributed by atoms with van der Waals surface area (Å²) in [4.78, 5) is 4.11. The lowest BCUT2D eigenvalue weighted by Crippen LogP contribution is -2.21. The van der Waals surface area contributed by atoms with Gasteiger partial charge in [-0.2, -0.15) is 0 Å². The number of hydrogen-bond donors (Lipinski definition) is 2. The van der Waals surface area contributed by atoms with Crippen LogP contribution in [-0.2, 0) is 0 Å². The first-order valence-electron chi connectivity index (χ1n) is 3.24. The van der Waals surface area contributed by atoms with E-state index in [1.165, 1.54) is 5.71 Å². The lowest BCUT2D eigenvalue weighted by molar-refractivity contribution is 0.691. The first-order valence-corrected chi connectivity index (χ1v) is 3.24. The predicted molar refractivity (Wildman–Crippen MR) is 38.8 cm³/mol. The third-order valence-corrected chi connectivity index (χ3v) is 1.74. The van der Waals surface area contributed by atoms with Crippen molar-refractivity contribution >= 4 is 5.71 Å². The molecular formula is C6H13N3. The van der Waals surface area contributed by atoms with Crippen molar-refractivity contribution in [1.82, 2.24) is 5.32 Å². The van der Waals surface area contributed by atoms with E-state index in [4.69, 9.17) is 5.73 Å². The third-order valence-electron chi connectivity index (χ3n) is 1.74. The number of rotatable bonds is 1. The SMILES string of the molecule is CN=C1CNCC1CN. The highest BCUT2D eigenvalue weighted by atomic mass is 15.0. The molecule has 0 bridgehead atoms. The first-order chi connectivity index (χ1) is 4.38. The van der Waals surface area contributed by atoms with Gasteiger partial charge in [0.15, 0.2) is 0 Å². The summed E-state index contributed by atoms with van der Waals surface area (Å²) in [6.45, 7) is 2.65. The van der Waals surface area contributed by atoms with E-state index in [9.17, 15) is 0 Å². The van der Waals surface area contributed by atoms with Gasteiger partial charge in [-0.05, 0) is 0 Å². The van der Waals surface area contributed by atoms with Crippen molar-refractivity contribution in [2.45, 2.75) is 0 Å². The van der Waals surface area contributed by atoms with E-state index >= 15 is 0 Å². The zero-order chi connectivity index (χ0) is 6.69. The van der Waals surface area contributed by atoms with E-state index in [0.717, 1.165) is 19.6 Å². The Balaban J connectivity index is 2.52. The standard InChI is InChI=1S/C6H13N3/c1-8-6-4-9-3-5(6)2-7/h5,9H,2-4,7H2,1H3. The molecule has 0 aromatic heterocycles. The maximum absolute atomic E-state index is 5.48. The van der Waals surface area contributed by atoms with Crippen LogP contribution in [0.15, 0.2) is 4.99 Å². The Hall–Kier alpha value is -0.410.